The summed E-state index contributed by atoms with van der Waals surface area (Å²) >= 11 is 5.81. The largest absolute Gasteiger partial charge is 0.479 e. The van der Waals surface area contributed by atoms with Crippen LogP contribution in [0.5, 0.6) is 0 Å². The standard InChI is InChI=1S/C10H7ClO6/c11-7-2-1-5-3-6(7)10(5,9(14)15)17-16-4-8(12)13/h1-3H,4H2,(H,12,13)(H,14,15). The fraction of sp³-hybridized carbons (Fsp3) is 0.200. The maximum atomic E-state index is 11.2. The minimum atomic E-state index is -1.80. The summed E-state index contributed by atoms with van der Waals surface area (Å²) in [7, 11) is 0. The van der Waals surface area contributed by atoms with Crippen LogP contribution in [0.1, 0.15) is 11.1 Å². The van der Waals surface area contributed by atoms with Gasteiger partial charge in [-0.3, -0.25) is 0 Å². The molecule has 2 bridgehead atoms. The first-order valence-electron chi connectivity index (χ1n) is 4.55. The van der Waals surface area contributed by atoms with Crippen LogP contribution in [0.3, 0.4) is 0 Å². The molecule has 1 unspecified atom stereocenters. The van der Waals surface area contributed by atoms with E-state index in [4.69, 9.17) is 26.7 Å². The Labute approximate surface area is 100 Å². The van der Waals surface area contributed by atoms with E-state index in [1.165, 1.54) is 12.1 Å². The number of carboxylic acids is 2. The lowest BCUT2D eigenvalue weighted by molar-refractivity contribution is -0.348. The van der Waals surface area contributed by atoms with Gasteiger partial charge in [-0.1, -0.05) is 17.7 Å². The zero-order chi connectivity index (χ0) is 12.6. The lowest BCUT2D eigenvalue weighted by atomic mass is 9.76. The van der Waals surface area contributed by atoms with Gasteiger partial charge in [0, 0.05) is 16.1 Å². The monoisotopic (exact) mass is 258 g/mol. The number of hydrogen-bond donors (Lipinski definition) is 2. The van der Waals surface area contributed by atoms with Crippen molar-refractivity contribution in [2.75, 3.05) is 6.61 Å². The van der Waals surface area contributed by atoms with E-state index >= 15 is 0 Å². The highest BCUT2D eigenvalue weighted by molar-refractivity contribution is 6.32. The summed E-state index contributed by atoms with van der Waals surface area (Å²) in [4.78, 5) is 30.6. The Morgan fingerprint density at radius 1 is 1.35 bits per heavy atom. The summed E-state index contributed by atoms with van der Waals surface area (Å²) < 4.78 is 0. The van der Waals surface area contributed by atoms with E-state index in [0.717, 1.165) is 0 Å². The Balaban J connectivity index is 2.22. The molecule has 1 aromatic carbocycles. The van der Waals surface area contributed by atoms with Gasteiger partial charge in [-0.25, -0.2) is 19.4 Å². The van der Waals surface area contributed by atoms with Crippen LogP contribution in [0.15, 0.2) is 18.2 Å². The minimum Gasteiger partial charge on any atom is -0.479 e. The number of carboxylic acid groups (broad SMARTS) is 2. The van der Waals surface area contributed by atoms with Crippen molar-refractivity contribution >= 4 is 23.5 Å². The maximum absolute atomic E-state index is 11.2. The van der Waals surface area contributed by atoms with Gasteiger partial charge in [-0.15, -0.1) is 0 Å². The molecule has 0 amide bonds. The maximum Gasteiger partial charge on any atom is 0.348 e. The number of halogens is 1. The molecular weight excluding hydrogens is 252 g/mol. The topological polar surface area (TPSA) is 93.1 Å². The molecule has 2 aliphatic rings. The van der Waals surface area contributed by atoms with Crippen LogP contribution in [-0.4, -0.2) is 28.8 Å². The Bertz CT molecular complexity index is 496. The molecule has 0 aromatic heterocycles. The first-order chi connectivity index (χ1) is 7.98. The molecule has 2 N–H and O–H groups in total. The second kappa shape index (κ2) is 3.99. The lowest BCUT2D eigenvalue weighted by Crippen LogP contribution is -2.46. The normalized spacial score (nSPS) is 20.8. The predicted octanol–water partition coefficient (Wildman–Crippen LogP) is 1.01. The molecule has 0 radical (unpaired) electrons. The minimum absolute atomic E-state index is 0.223. The molecule has 3 rings (SSSR count). The summed E-state index contributed by atoms with van der Waals surface area (Å²) in [5, 5.41) is 17.8. The van der Waals surface area contributed by atoms with Crippen molar-refractivity contribution in [3.8, 4) is 0 Å². The molecule has 0 heterocycles. The Morgan fingerprint density at radius 2 is 2.06 bits per heavy atom. The third kappa shape index (κ3) is 1.66. The van der Waals surface area contributed by atoms with Crippen LogP contribution < -0.4 is 0 Å². The molecule has 1 aromatic rings. The number of fused-ring (bicyclic) bond motifs is 2. The van der Waals surface area contributed by atoms with Crippen molar-refractivity contribution in [2.45, 2.75) is 5.60 Å². The van der Waals surface area contributed by atoms with Crippen LogP contribution in [-0.2, 0) is 25.0 Å². The van der Waals surface area contributed by atoms with E-state index < -0.39 is 24.1 Å². The van der Waals surface area contributed by atoms with E-state index in [2.05, 4.69) is 4.89 Å². The van der Waals surface area contributed by atoms with Crippen molar-refractivity contribution in [1.29, 1.82) is 0 Å². The van der Waals surface area contributed by atoms with Gasteiger partial charge < -0.3 is 10.2 Å². The highest BCUT2D eigenvalue weighted by atomic mass is 35.5. The predicted molar refractivity (Wildman–Crippen MR) is 54.5 cm³/mol. The van der Waals surface area contributed by atoms with Crippen molar-refractivity contribution in [3.63, 3.8) is 0 Å². The van der Waals surface area contributed by atoms with Crippen LogP contribution in [0, 0.1) is 0 Å². The smallest absolute Gasteiger partial charge is 0.348 e. The zero-order valence-corrected chi connectivity index (χ0v) is 9.10. The van der Waals surface area contributed by atoms with Crippen LogP contribution >= 0.6 is 11.6 Å². The van der Waals surface area contributed by atoms with Crippen molar-refractivity contribution in [1.82, 2.24) is 0 Å². The van der Waals surface area contributed by atoms with E-state index in [1.54, 1.807) is 6.07 Å². The van der Waals surface area contributed by atoms with Crippen molar-refractivity contribution in [3.05, 3.63) is 34.3 Å². The molecule has 0 saturated carbocycles. The number of aliphatic carboxylic acids is 2. The Kier molecular flexibility index (Phi) is 2.78. The summed E-state index contributed by atoms with van der Waals surface area (Å²) in [5.74, 6) is -2.57. The van der Waals surface area contributed by atoms with Gasteiger partial charge in [0.25, 0.3) is 5.60 Å². The van der Waals surface area contributed by atoms with Crippen LogP contribution in [0.25, 0.3) is 0 Å². The number of carbonyl (C=O) groups is 2. The van der Waals surface area contributed by atoms with E-state index in [1.807, 2.05) is 0 Å². The lowest BCUT2D eigenvalue weighted by Gasteiger charge is -2.36. The molecule has 0 saturated heterocycles. The van der Waals surface area contributed by atoms with E-state index in [-0.39, 0.29) is 10.6 Å². The van der Waals surface area contributed by atoms with Gasteiger partial charge in [-0.05, 0) is 12.1 Å². The zero-order valence-electron chi connectivity index (χ0n) is 8.34. The first-order valence-corrected chi connectivity index (χ1v) is 4.92. The molecule has 7 heteroatoms. The van der Waals surface area contributed by atoms with Gasteiger partial charge in [0.05, 0.1) is 0 Å². The summed E-state index contributed by atoms with van der Waals surface area (Å²) in [6.07, 6.45) is 0. The first kappa shape index (κ1) is 11.8. The highest BCUT2D eigenvalue weighted by Gasteiger charge is 2.53. The molecule has 0 spiro atoms. The average Bonchev–Trinajstić information content (AvgIpc) is 2.22. The fourth-order valence-corrected chi connectivity index (χ4v) is 1.88. The van der Waals surface area contributed by atoms with Gasteiger partial charge in [0.1, 0.15) is 0 Å². The quantitative estimate of drug-likeness (QED) is 0.605. The molecule has 0 aliphatic heterocycles. The Morgan fingerprint density at radius 3 is 2.53 bits per heavy atom. The van der Waals surface area contributed by atoms with Crippen LogP contribution in [0.4, 0.5) is 0 Å². The fourth-order valence-electron chi connectivity index (χ4n) is 1.63. The number of benzene rings is 1. The molecule has 17 heavy (non-hydrogen) atoms. The third-order valence-corrected chi connectivity index (χ3v) is 2.75. The summed E-state index contributed by atoms with van der Waals surface area (Å²) in [5.41, 5.74) is -1.20. The molecular formula is C10H7ClO6. The molecule has 1 atom stereocenters. The second-order valence-electron chi connectivity index (χ2n) is 3.42. The Hall–Kier alpha value is -1.63. The average molecular weight is 259 g/mol. The van der Waals surface area contributed by atoms with Gasteiger partial charge >= 0.3 is 11.9 Å². The van der Waals surface area contributed by atoms with Gasteiger partial charge in [-0.2, -0.15) is 0 Å². The number of rotatable bonds is 5. The van der Waals surface area contributed by atoms with Crippen molar-refractivity contribution in [2.24, 2.45) is 0 Å². The van der Waals surface area contributed by atoms with Gasteiger partial charge in [0.2, 0.25) is 0 Å². The number of hydrogen-bond acceptors (Lipinski definition) is 4. The summed E-state index contributed by atoms with van der Waals surface area (Å²) in [6, 6.07) is 4.56. The van der Waals surface area contributed by atoms with Gasteiger partial charge in [0.15, 0.2) is 6.61 Å². The van der Waals surface area contributed by atoms with Crippen LogP contribution in [0.2, 0.25) is 5.02 Å². The van der Waals surface area contributed by atoms with Crippen molar-refractivity contribution < 1.29 is 29.6 Å². The molecule has 90 valence electrons. The SMILES string of the molecule is O=C(O)COOC1(C(=O)O)c2ccc(Cl)c1c2. The summed E-state index contributed by atoms with van der Waals surface area (Å²) in [6.45, 7) is -0.753. The molecule has 0 fully saturated rings. The van der Waals surface area contributed by atoms with E-state index in [0.29, 0.717) is 5.56 Å². The third-order valence-electron chi connectivity index (χ3n) is 2.42. The second-order valence-corrected chi connectivity index (χ2v) is 3.83. The molecule has 6 nitrogen and oxygen atoms in total. The highest BCUT2D eigenvalue weighted by Crippen LogP contribution is 2.47. The van der Waals surface area contributed by atoms with E-state index in [9.17, 15) is 9.59 Å². The molecule has 2 aliphatic carbocycles.